The molecule has 24 heavy (non-hydrogen) atoms. The predicted molar refractivity (Wildman–Crippen MR) is 94.6 cm³/mol. The van der Waals surface area contributed by atoms with Crippen LogP contribution in [0.15, 0.2) is 23.4 Å². The van der Waals surface area contributed by atoms with E-state index < -0.39 is 0 Å². The quantitative estimate of drug-likeness (QED) is 0.829. The SMILES string of the molecule is Cc1ccc2nc(SC(C)C(=O)N3CCCC(C(N)=O)C3)[nH]c2c1. The van der Waals surface area contributed by atoms with Crippen molar-refractivity contribution in [1.29, 1.82) is 0 Å². The summed E-state index contributed by atoms with van der Waals surface area (Å²) in [6.07, 6.45) is 1.59. The van der Waals surface area contributed by atoms with Crippen LogP contribution in [0.3, 0.4) is 0 Å². The molecule has 0 bridgehead atoms. The van der Waals surface area contributed by atoms with Gasteiger partial charge < -0.3 is 15.6 Å². The van der Waals surface area contributed by atoms with E-state index >= 15 is 0 Å². The number of nitrogens with two attached hydrogens (primary N) is 1. The third-order valence-corrected chi connectivity index (χ3v) is 5.36. The number of H-pyrrole nitrogens is 1. The number of primary amides is 1. The topological polar surface area (TPSA) is 92.1 Å². The molecule has 2 unspecified atom stereocenters. The zero-order valence-corrected chi connectivity index (χ0v) is 14.7. The number of carbonyl (C=O) groups excluding carboxylic acids is 2. The van der Waals surface area contributed by atoms with Gasteiger partial charge in [-0.25, -0.2) is 4.98 Å². The number of piperidine rings is 1. The molecule has 2 atom stereocenters. The predicted octanol–water partition coefficient (Wildman–Crippen LogP) is 2.08. The first-order chi connectivity index (χ1) is 11.4. The van der Waals surface area contributed by atoms with Crippen molar-refractivity contribution in [2.45, 2.75) is 37.1 Å². The van der Waals surface area contributed by atoms with E-state index in [0.29, 0.717) is 13.1 Å². The largest absolute Gasteiger partial charge is 0.369 e. The normalized spacial score (nSPS) is 19.4. The van der Waals surface area contributed by atoms with Crippen molar-refractivity contribution < 1.29 is 9.59 Å². The van der Waals surface area contributed by atoms with E-state index in [-0.39, 0.29) is 23.0 Å². The van der Waals surface area contributed by atoms with Gasteiger partial charge in [0.05, 0.1) is 22.2 Å². The number of fused-ring (bicyclic) bond motifs is 1. The molecule has 1 aliphatic rings. The second-order valence-corrected chi connectivity index (χ2v) is 7.68. The minimum Gasteiger partial charge on any atom is -0.369 e. The standard InChI is InChI=1S/C17H22N4O2S/c1-10-5-6-13-14(8-10)20-17(19-13)24-11(2)16(23)21-7-3-4-12(9-21)15(18)22/h5-6,8,11-12H,3-4,7,9H2,1-2H3,(H2,18,22)(H,19,20). The van der Waals surface area contributed by atoms with Crippen molar-refractivity contribution in [3.63, 3.8) is 0 Å². The molecule has 7 heteroatoms. The fraction of sp³-hybridized carbons (Fsp3) is 0.471. The lowest BCUT2D eigenvalue weighted by Gasteiger charge is -2.32. The van der Waals surface area contributed by atoms with Gasteiger partial charge in [-0.3, -0.25) is 9.59 Å². The van der Waals surface area contributed by atoms with Gasteiger partial charge >= 0.3 is 0 Å². The zero-order valence-electron chi connectivity index (χ0n) is 13.9. The fourth-order valence-electron chi connectivity index (χ4n) is 3.04. The van der Waals surface area contributed by atoms with Crippen LogP contribution in [0.5, 0.6) is 0 Å². The van der Waals surface area contributed by atoms with Gasteiger partial charge in [-0.1, -0.05) is 17.8 Å². The molecule has 3 rings (SSSR count). The minimum atomic E-state index is -0.319. The van der Waals surface area contributed by atoms with Gasteiger partial charge in [0.25, 0.3) is 0 Å². The van der Waals surface area contributed by atoms with Gasteiger partial charge in [-0.2, -0.15) is 0 Å². The van der Waals surface area contributed by atoms with E-state index in [1.807, 2.05) is 32.0 Å². The lowest BCUT2D eigenvalue weighted by molar-refractivity contribution is -0.134. The van der Waals surface area contributed by atoms with Crippen molar-refractivity contribution in [3.8, 4) is 0 Å². The molecule has 6 nitrogen and oxygen atoms in total. The Hall–Kier alpha value is -2.02. The van der Waals surface area contributed by atoms with E-state index in [0.717, 1.165) is 34.6 Å². The number of likely N-dealkylation sites (tertiary alicyclic amines) is 1. The number of aromatic nitrogens is 2. The number of hydrogen-bond acceptors (Lipinski definition) is 4. The number of aromatic amines is 1. The third-order valence-electron chi connectivity index (χ3n) is 4.39. The number of carbonyl (C=O) groups is 2. The molecule has 1 aromatic carbocycles. The summed E-state index contributed by atoms with van der Waals surface area (Å²) in [7, 11) is 0. The van der Waals surface area contributed by atoms with Crippen LogP contribution in [0, 0.1) is 12.8 Å². The maximum absolute atomic E-state index is 12.7. The molecule has 2 heterocycles. The summed E-state index contributed by atoms with van der Waals surface area (Å²) in [5.41, 5.74) is 8.43. The molecule has 1 fully saturated rings. The van der Waals surface area contributed by atoms with Gasteiger partial charge in [-0.15, -0.1) is 0 Å². The Balaban J connectivity index is 1.67. The van der Waals surface area contributed by atoms with Gasteiger partial charge in [0.1, 0.15) is 0 Å². The van der Waals surface area contributed by atoms with E-state index in [1.165, 1.54) is 11.8 Å². The molecular formula is C17H22N4O2S. The van der Waals surface area contributed by atoms with E-state index in [9.17, 15) is 9.59 Å². The van der Waals surface area contributed by atoms with Crippen LogP contribution in [-0.2, 0) is 9.59 Å². The molecule has 1 aliphatic heterocycles. The lowest BCUT2D eigenvalue weighted by atomic mass is 9.97. The highest BCUT2D eigenvalue weighted by atomic mass is 32.2. The first-order valence-electron chi connectivity index (χ1n) is 8.15. The lowest BCUT2D eigenvalue weighted by Crippen LogP contribution is -2.46. The maximum Gasteiger partial charge on any atom is 0.235 e. The Kier molecular flexibility index (Phi) is 4.80. The molecule has 2 amide bonds. The summed E-state index contributed by atoms with van der Waals surface area (Å²) < 4.78 is 0. The van der Waals surface area contributed by atoms with E-state index in [1.54, 1.807) is 4.90 Å². The molecule has 1 aromatic heterocycles. The monoisotopic (exact) mass is 346 g/mol. The molecule has 0 radical (unpaired) electrons. The summed E-state index contributed by atoms with van der Waals surface area (Å²) >= 11 is 1.41. The van der Waals surface area contributed by atoms with E-state index in [4.69, 9.17) is 5.73 Å². The van der Waals surface area contributed by atoms with Crippen LogP contribution in [0.4, 0.5) is 0 Å². The zero-order chi connectivity index (χ0) is 17.3. The Bertz CT molecular complexity index is 773. The second-order valence-electron chi connectivity index (χ2n) is 6.35. The molecule has 0 aliphatic carbocycles. The summed E-state index contributed by atoms with van der Waals surface area (Å²) in [4.78, 5) is 33.6. The fourth-order valence-corrected chi connectivity index (χ4v) is 3.95. The minimum absolute atomic E-state index is 0.0302. The van der Waals surface area contributed by atoms with Crippen molar-refractivity contribution in [3.05, 3.63) is 23.8 Å². The van der Waals surface area contributed by atoms with Crippen LogP contribution >= 0.6 is 11.8 Å². The molecule has 0 spiro atoms. The molecule has 0 saturated carbocycles. The average Bonchev–Trinajstić information content (AvgIpc) is 2.95. The van der Waals surface area contributed by atoms with Crippen molar-refractivity contribution >= 4 is 34.6 Å². The number of amides is 2. The highest BCUT2D eigenvalue weighted by Crippen LogP contribution is 2.26. The highest BCUT2D eigenvalue weighted by Gasteiger charge is 2.30. The van der Waals surface area contributed by atoms with Crippen LogP contribution in [0.2, 0.25) is 0 Å². The molecule has 2 aromatic rings. The number of aryl methyl sites for hydroxylation is 1. The Morgan fingerprint density at radius 1 is 1.46 bits per heavy atom. The third kappa shape index (κ3) is 3.56. The molecule has 128 valence electrons. The Morgan fingerprint density at radius 2 is 2.25 bits per heavy atom. The van der Waals surface area contributed by atoms with Gasteiger partial charge in [0.15, 0.2) is 5.16 Å². The number of rotatable bonds is 4. The van der Waals surface area contributed by atoms with Crippen LogP contribution in [0.25, 0.3) is 11.0 Å². The summed E-state index contributed by atoms with van der Waals surface area (Å²) in [6.45, 7) is 5.02. The van der Waals surface area contributed by atoms with Gasteiger partial charge in [0.2, 0.25) is 11.8 Å². The first kappa shape index (κ1) is 16.8. The summed E-state index contributed by atoms with van der Waals surface area (Å²) in [6, 6.07) is 6.03. The van der Waals surface area contributed by atoms with Crippen LogP contribution in [0.1, 0.15) is 25.3 Å². The summed E-state index contributed by atoms with van der Waals surface area (Å²) in [5, 5.41) is 0.471. The van der Waals surface area contributed by atoms with Crippen LogP contribution < -0.4 is 5.73 Å². The number of thioether (sulfide) groups is 1. The number of nitrogens with zero attached hydrogens (tertiary/aromatic N) is 2. The van der Waals surface area contributed by atoms with Crippen molar-refractivity contribution in [1.82, 2.24) is 14.9 Å². The van der Waals surface area contributed by atoms with Crippen molar-refractivity contribution in [2.24, 2.45) is 11.7 Å². The molecule has 1 saturated heterocycles. The molecule has 3 N–H and O–H groups in total. The number of hydrogen-bond donors (Lipinski definition) is 2. The first-order valence-corrected chi connectivity index (χ1v) is 9.03. The second kappa shape index (κ2) is 6.84. The number of nitrogens with one attached hydrogen (secondary N) is 1. The smallest absolute Gasteiger partial charge is 0.235 e. The van der Waals surface area contributed by atoms with E-state index in [2.05, 4.69) is 9.97 Å². The van der Waals surface area contributed by atoms with Crippen molar-refractivity contribution in [2.75, 3.05) is 13.1 Å². The molecular weight excluding hydrogens is 324 g/mol. The maximum atomic E-state index is 12.7. The highest BCUT2D eigenvalue weighted by molar-refractivity contribution is 8.00. The van der Waals surface area contributed by atoms with Crippen LogP contribution in [-0.4, -0.2) is 45.0 Å². The average molecular weight is 346 g/mol. The van der Waals surface area contributed by atoms with Gasteiger partial charge in [0, 0.05) is 13.1 Å². The van der Waals surface area contributed by atoms with Gasteiger partial charge in [-0.05, 0) is 44.4 Å². The number of benzene rings is 1. The summed E-state index contributed by atoms with van der Waals surface area (Å²) in [5.74, 6) is -0.517. The Morgan fingerprint density at radius 3 is 3.00 bits per heavy atom. The number of imidazole rings is 1. The Labute approximate surface area is 145 Å².